The number of carbonyl (C=O) groups excluding carboxylic acids is 1. The van der Waals surface area contributed by atoms with Crippen LogP contribution in [0, 0.1) is 0 Å². The van der Waals surface area contributed by atoms with Crippen LogP contribution in [-0.2, 0) is 4.79 Å². The third kappa shape index (κ3) is 51.1. The lowest BCUT2D eigenvalue weighted by Crippen LogP contribution is -2.45. The second kappa shape index (κ2) is 55.4. The molecule has 3 N–H and O–H groups in total. The van der Waals surface area contributed by atoms with Crippen molar-refractivity contribution < 1.29 is 15.0 Å². The molecule has 4 heteroatoms. The average molecular weight is 895 g/mol. The summed E-state index contributed by atoms with van der Waals surface area (Å²) in [6.07, 6.45) is 77.8. The molecule has 0 spiro atoms. The summed E-state index contributed by atoms with van der Waals surface area (Å²) < 4.78 is 0. The van der Waals surface area contributed by atoms with Crippen molar-refractivity contribution in [2.24, 2.45) is 0 Å². The fourth-order valence-electron chi connectivity index (χ4n) is 8.74. The van der Waals surface area contributed by atoms with Gasteiger partial charge in [-0.2, -0.15) is 0 Å². The molecule has 0 saturated carbocycles. The van der Waals surface area contributed by atoms with Crippen LogP contribution in [0.15, 0.2) is 60.8 Å². The SMILES string of the molecule is CC/C=C\C/C=C\C/C=C\C/C=C\C/C=C\CCCCCCCCCCCCCCCC(=O)NC(CO)C(O)CCCCCCCCCCCCCCCCCCCCCCCCC. The van der Waals surface area contributed by atoms with Gasteiger partial charge in [-0.1, -0.05) is 293 Å². The second-order valence-electron chi connectivity index (χ2n) is 19.3. The molecule has 2 atom stereocenters. The number of allylic oxidation sites excluding steroid dienone is 10. The number of carbonyl (C=O) groups is 1. The van der Waals surface area contributed by atoms with Crippen molar-refractivity contribution in [3.05, 3.63) is 60.8 Å². The smallest absolute Gasteiger partial charge is 0.220 e. The molecule has 0 aliphatic carbocycles. The van der Waals surface area contributed by atoms with Gasteiger partial charge in [0.15, 0.2) is 0 Å². The molecule has 0 rings (SSSR count). The van der Waals surface area contributed by atoms with Gasteiger partial charge < -0.3 is 15.5 Å². The Kier molecular flexibility index (Phi) is 53.8. The van der Waals surface area contributed by atoms with Crippen LogP contribution in [0.2, 0.25) is 0 Å². The number of hydrogen-bond donors (Lipinski definition) is 3. The number of amides is 1. The Hall–Kier alpha value is -1.91. The van der Waals surface area contributed by atoms with Gasteiger partial charge in [-0.25, -0.2) is 0 Å². The summed E-state index contributed by atoms with van der Waals surface area (Å²) in [6.45, 7) is 4.27. The average Bonchev–Trinajstić information content (AvgIpc) is 3.30. The molecule has 0 aromatic heterocycles. The van der Waals surface area contributed by atoms with Crippen LogP contribution >= 0.6 is 0 Å². The van der Waals surface area contributed by atoms with Gasteiger partial charge >= 0.3 is 0 Å². The minimum Gasteiger partial charge on any atom is -0.394 e. The van der Waals surface area contributed by atoms with E-state index in [2.05, 4.69) is 79.9 Å². The van der Waals surface area contributed by atoms with Crippen LogP contribution in [0.25, 0.3) is 0 Å². The molecule has 2 unspecified atom stereocenters. The lowest BCUT2D eigenvalue weighted by Gasteiger charge is -2.22. The van der Waals surface area contributed by atoms with E-state index in [1.54, 1.807) is 0 Å². The Morgan fingerprint density at radius 1 is 0.391 bits per heavy atom. The van der Waals surface area contributed by atoms with Crippen LogP contribution in [0.5, 0.6) is 0 Å². The van der Waals surface area contributed by atoms with Gasteiger partial charge in [0.25, 0.3) is 0 Å². The third-order valence-electron chi connectivity index (χ3n) is 13.0. The highest BCUT2D eigenvalue weighted by Crippen LogP contribution is 2.17. The summed E-state index contributed by atoms with van der Waals surface area (Å²) in [6, 6.07) is -0.540. The zero-order valence-electron chi connectivity index (χ0n) is 43.1. The van der Waals surface area contributed by atoms with Crippen molar-refractivity contribution in [3.63, 3.8) is 0 Å². The molecular formula is C60H111NO3. The van der Waals surface area contributed by atoms with Crippen molar-refractivity contribution in [2.75, 3.05) is 6.61 Å². The van der Waals surface area contributed by atoms with E-state index < -0.39 is 12.1 Å². The number of nitrogens with one attached hydrogen (secondary N) is 1. The highest BCUT2D eigenvalue weighted by Gasteiger charge is 2.20. The molecule has 1 amide bonds. The largest absolute Gasteiger partial charge is 0.394 e. The second-order valence-corrected chi connectivity index (χ2v) is 19.3. The summed E-state index contributed by atoms with van der Waals surface area (Å²) in [5, 5.41) is 23.4. The molecule has 0 aromatic carbocycles. The summed E-state index contributed by atoms with van der Waals surface area (Å²) >= 11 is 0. The Labute approximate surface area is 400 Å². The van der Waals surface area contributed by atoms with Crippen molar-refractivity contribution in [3.8, 4) is 0 Å². The number of unbranched alkanes of at least 4 members (excludes halogenated alkanes) is 35. The maximum Gasteiger partial charge on any atom is 0.220 e. The van der Waals surface area contributed by atoms with E-state index >= 15 is 0 Å². The molecule has 0 heterocycles. The molecule has 0 saturated heterocycles. The van der Waals surface area contributed by atoms with Gasteiger partial charge in [-0.05, 0) is 57.8 Å². The van der Waals surface area contributed by atoms with Crippen molar-refractivity contribution >= 4 is 5.91 Å². The Morgan fingerprint density at radius 2 is 0.688 bits per heavy atom. The molecule has 4 nitrogen and oxygen atoms in total. The molecule has 0 bridgehead atoms. The van der Waals surface area contributed by atoms with E-state index in [0.29, 0.717) is 12.8 Å². The fourth-order valence-corrected chi connectivity index (χ4v) is 8.74. The molecule has 64 heavy (non-hydrogen) atoms. The first-order chi connectivity index (χ1) is 31.7. The monoisotopic (exact) mass is 894 g/mol. The Bertz CT molecular complexity index is 1060. The zero-order chi connectivity index (χ0) is 46.3. The van der Waals surface area contributed by atoms with E-state index in [4.69, 9.17) is 0 Å². The van der Waals surface area contributed by atoms with Crippen LogP contribution in [0.3, 0.4) is 0 Å². The molecule has 0 aliphatic rings. The molecule has 0 aromatic rings. The highest BCUT2D eigenvalue weighted by molar-refractivity contribution is 5.76. The first-order valence-electron chi connectivity index (χ1n) is 28.5. The number of rotatable bonds is 52. The van der Waals surface area contributed by atoms with Crippen molar-refractivity contribution in [2.45, 2.75) is 309 Å². The van der Waals surface area contributed by atoms with Crippen LogP contribution in [0.1, 0.15) is 296 Å². The molecule has 0 radical (unpaired) electrons. The van der Waals surface area contributed by atoms with E-state index in [1.807, 2.05) is 0 Å². The molecule has 0 aliphatic heterocycles. The van der Waals surface area contributed by atoms with Gasteiger partial charge in [0.1, 0.15) is 0 Å². The lowest BCUT2D eigenvalue weighted by molar-refractivity contribution is -0.123. The Balaban J connectivity index is 3.47. The number of aliphatic hydroxyl groups is 2. The van der Waals surface area contributed by atoms with Gasteiger partial charge in [-0.15, -0.1) is 0 Å². The first kappa shape index (κ1) is 62.1. The predicted octanol–water partition coefficient (Wildman–Crippen LogP) is 18.8. The van der Waals surface area contributed by atoms with E-state index in [1.165, 1.54) is 212 Å². The van der Waals surface area contributed by atoms with Gasteiger partial charge in [0.05, 0.1) is 18.8 Å². The minimum absolute atomic E-state index is 0.0309. The van der Waals surface area contributed by atoms with Crippen LogP contribution in [-0.4, -0.2) is 34.9 Å². The predicted molar refractivity (Wildman–Crippen MR) is 285 cm³/mol. The van der Waals surface area contributed by atoms with Crippen molar-refractivity contribution in [1.82, 2.24) is 5.32 Å². The standard InChI is InChI=1S/C60H111NO3/c1-3-5-7-9-11-13-15-17-19-21-23-25-27-28-29-30-31-32-34-36-38-40-42-44-46-48-50-52-54-56-60(64)61-58(57-62)59(63)55-53-51-49-47-45-43-41-39-37-35-33-26-24-22-20-18-16-14-12-10-8-6-4-2/h5,7,11,13,17,19,23,25,28-29,58-59,62-63H,3-4,6,8-10,12,14-16,18,20-22,24,26-27,30-57H2,1-2H3,(H,61,64)/b7-5-,13-11-,19-17-,25-23-,29-28-. The van der Waals surface area contributed by atoms with E-state index in [-0.39, 0.29) is 12.5 Å². The molecule has 0 fully saturated rings. The van der Waals surface area contributed by atoms with E-state index in [0.717, 1.165) is 57.8 Å². The Morgan fingerprint density at radius 3 is 1.03 bits per heavy atom. The molecule has 374 valence electrons. The first-order valence-corrected chi connectivity index (χ1v) is 28.5. The summed E-state index contributed by atoms with van der Waals surface area (Å²) in [5.74, 6) is -0.0309. The third-order valence-corrected chi connectivity index (χ3v) is 13.0. The maximum absolute atomic E-state index is 12.5. The lowest BCUT2D eigenvalue weighted by atomic mass is 10.0. The van der Waals surface area contributed by atoms with Crippen LogP contribution in [0.4, 0.5) is 0 Å². The summed E-state index contributed by atoms with van der Waals surface area (Å²) in [5.41, 5.74) is 0. The fraction of sp³-hybridized carbons (Fsp3) is 0.817. The summed E-state index contributed by atoms with van der Waals surface area (Å²) in [4.78, 5) is 12.5. The number of hydrogen-bond acceptors (Lipinski definition) is 3. The highest BCUT2D eigenvalue weighted by atomic mass is 16.3. The maximum atomic E-state index is 12.5. The normalized spacial score (nSPS) is 13.2. The van der Waals surface area contributed by atoms with Crippen LogP contribution < -0.4 is 5.32 Å². The minimum atomic E-state index is -0.663. The summed E-state index contributed by atoms with van der Waals surface area (Å²) in [7, 11) is 0. The zero-order valence-corrected chi connectivity index (χ0v) is 43.1. The van der Waals surface area contributed by atoms with Gasteiger partial charge in [0, 0.05) is 6.42 Å². The van der Waals surface area contributed by atoms with E-state index in [9.17, 15) is 15.0 Å². The quantitative estimate of drug-likeness (QED) is 0.0421. The van der Waals surface area contributed by atoms with Crippen molar-refractivity contribution in [1.29, 1.82) is 0 Å². The van der Waals surface area contributed by atoms with Gasteiger partial charge in [0.2, 0.25) is 5.91 Å². The number of aliphatic hydroxyl groups excluding tert-OH is 2. The van der Waals surface area contributed by atoms with Gasteiger partial charge in [-0.3, -0.25) is 4.79 Å². The topological polar surface area (TPSA) is 69.6 Å². The molecular weight excluding hydrogens is 783 g/mol.